The Kier molecular flexibility index (Phi) is 7.88. The molecule has 0 saturated carbocycles. The summed E-state index contributed by atoms with van der Waals surface area (Å²) in [6, 6.07) is 14.6. The maximum Gasteiger partial charge on any atom is 0.303 e. The van der Waals surface area contributed by atoms with Crippen molar-refractivity contribution < 1.29 is 19.5 Å². The predicted octanol–water partition coefficient (Wildman–Crippen LogP) is 3.32. The molecule has 0 atom stereocenters. The number of hydrogen-bond acceptors (Lipinski definition) is 4. The molecule has 7 heteroatoms. The number of hydrogen-bond donors (Lipinski definition) is 3. The lowest BCUT2D eigenvalue weighted by molar-refractivity contribution is -0.137. The fourth-order valence-electron chi connectivity index (χ4n) is 2.32. The number of rotatable bonds is 9. The zero-order valence-corrected chi connectivity index (χ0v) is 15.8. The summed E-state index contributed by atoms with van der Waals surface area (Å²) in [4.78, 5) is 34.5. The van der Waals surface area contributed by atoms with E-state index in [1.165, 1.54) is 11.8 Å². The van der Waals surface area contributed by atoms with Gasteiger partial charge >= 0.3 is 5.97 Å². The second-order valence-electron chi connectivity index (χ2n) is 6.05. The highest BCUT2D eigenvalue weighted by Gasteiger charge is 2.07. The summed E-state index contributed by atoms with van der Waals surface area (Å²) in [6.07, 6.45) is 0.455. The van der Waals surface area contributed by atoms with E-state index in [0.29, 0.717) is 12.1 Å². The number of carbonyl (C=O) groups is 3. The van der Waals surface area contributed by atoms with E-state index >= 15 is 0 Å². The lowest BCUT2D eigenvalue weighted by Crippen LogP contribution is -2.18. The van der Waals surface area contributed by atoms with Gasteiger partial charge in [0.2, 0.25) is 11.8 Å². The first-order valence-electron chi connectivity index (χ1n) is 8.47. The Morgan fingerprint density at radius 2 is 1.56 bits per heavy atom. The van der Waals surface area contributed by atoms with Crippen LogP contribution in [-0.2, 0) is 20.8 Å². The number of thioether (sulfide) groups is 1. The van der Waals surface area contributed by atoms with Crippen molar-refractivity contribution in [1.29, 1.82) is 0 Å². The SMILES string of the molecule is Cc1ccc(NC(=O)CSCC(=O)Nc2cccc(CCC(=O)O)c2)cc1. The second-order valence-corrected chi connectivity index (χ2v) is 7.03. The highest BCUT2D eigenvalue weighted by Crippen LogP contribution is 2.14. The van der Waals surface area contributed by atoms with Crippen LogP contribution in [0.3, 0.4) is 0 Å². The van der Waals surface area contributed by atoms with Crippen molar-refractivity contribution >= 4 is 40.9 Å². The number of nitrogens with one attached hydrogen (secondary N) is 2. The van der Waals surface area contributed by atoms with Gasteiger partial charge in [-0.15, -0.1) is 11.8 Å². The fraction of sp³-hybridized carbons (Fsp3) is 0.250. The summed E-state index contributed by atoms with van der Waals surface area (Å²) in [6.45, 7) is 1.97. The van der Waals surface area contributed by atoms with Crippen LogP contribution in [0.5, 0.6) is 0 Å². The highest BCUT2D eigenvalue weighted by atomic mass is 32.2. The van der Waals surface area contributed by atoms with Crippen LogP contribution in [0.15, 0.2) is 48.5 Å². The third-order valence-corrected chi connectivity index (χ3v) is 4.57. The van der Waals surface area contributed by atoms with Crippen LogP contribution < -0.4 is 10.6 Å². The predicted molar refractivity (Wildman–Crippen MR) is 108 cm³/mol. The minimum atomic E-state index is -0.857. The van der Waals surface area contributed by atoms with Gasteiger partial charge in [0, 0.05) is 17.8 Å². The van der Waals surface area contributed by atoms with E-state index in [1.54, 1.807) is 18.2 Å². The highest BCUT2D eigenvalue weighted by molar-refractivity contribution is 8.00. The largest absolute Gasteiger partial charge is 0.481 e. The summed E-state index contributed by atoms with van der Waals surface area (Å²) in [5.74, 6) is -0.892. The maximum absolute atomic E-state index is 12.0. The van der Waals surface area contributed by atoms with Gasteiger partial charge < -0.3 is 15.7 Å². The van der Waals surface area contributed by atoms with E-state index in [0.717, 1.165) is 16.8 Å². The Morgan fingerprint density at radius 1 is 0.926 bits per heavy atom. The Balaban J connectivity index is 1.72. The summed E-state index contributed by atoms with van der Waals surface area (Å²) in [5, 5.41) is 14.3. The van der Waals surface area contributed by atoms with Crippen LogP contribution in [0.4, 0.5) is 11.4 Å². The average Bonchev–Trinajstić information content (AvgIpc) is 2.62. The normalized spacial score (nSPS) is 10.3. The number of aryl methyl sites for hydroxylation is 2. The number of carboxylic acids is 1. The minimum absolute atomic E-state index is 0.0450. The molecule has 3 N–H and O–H groups in total. The third-order valence-electron chi connectivity index (χ3n) is 3.64. The summed E-state index contributed by atoms with van der Waals surface area (Å²) in [5.41, 5.74) is 3.31. The molecule has 0 aliphatic rings. The molecule has 0 fully saturated rings. The van der Waals surface area contributed by atoms with Gasteiger partial charge in [-0.2, -0.15) is 0 Å². The molecule has 27 heavy (non-hydrogen) atoms. The van der Waals surface area contributed by atoms with Gasteiger partial charge in [-0.3, -0.25) is 14.4 Å². The van der Waals surface area contributed by atoms with Crippen LogP contribution in [0.25, 0.3) is 0 Å². The van der Waals surface area contributed by atoms with Crippen molar-refractivity contribution in [3.8, 4) is 0 Å². The lowest BCUT2D eigenvalue weighted by Gasteiger charge is -2.08. The zero-order chi connectivity index (χ0) is 19.6. The molecule has 0 saturated heterocycles. The van der Waals surface area contributed by atoms with Crippen molar-refractivity contribution in [3.05, 3.63) is 59.7 Å². The standard InChI is InChI=1S/C20H22N2O4S/c1-14-5-8-16(9-6-14)21-18(23)12-27-13-19(24)22-17-4-2-3-15(11-17)7-10-20(25)26/h2-6,8-9,11H,7,10,12-13H2,1H3,(H,21,23)(H,22,24)(H,25,26). The van der Waals surface area contributed by atoms with Crippen molar-refractivity contribution in [2.75, 3.05) is 22.1 Å². The first kappa shape index (κ1) is 20.5. The quantitative estimate of drug-likeness (QED) is 0.614. The Bertz CT molecular complexity index is 806. The first-order valence-corrected chi connectivity index (χ1v) is 9.62. The summed E-state index contributed by atoms with van der Waals surface area (Å²) in [7, 11) is 0. The second kappa shape index (κ2) is 10.4. The monoisotopic (exact) mass is 386 g/mol. The van der Waals surface area contributed by atoms with Gasteiger partial charge in [-0.25, -0.2) is 0 Å². The number of carboxylic acid groups (broad SMARTS) is 1. The van der Waals surface area contributed by atoms with Crippen LogP contribution in [-0.4, -0.2) is 34.4 Å². The molecule has 0 spiro atoms. The molecule has 142 valence electrons. The molecule has 2 aromatic rings. The number of benzene rings is 2. The molecule has 0 aliphatic carbocycles. The van der Waals surface area contributed by atoms with Crippen molar-refractivity contribution in [3.63, 3.8) is 0 Å². The zero-order valence-electron chi connectivity index (χ0n) is 15.0. The van der Waals surface area contributed by atoms with E-state index in [2.05, 4.69) is 10.6 Å². The van der Waals surface area contributed by atoms with Gasteiger partial charge in [0.15, 0.2) is 0 Å². The van der Waals surface area contributed by atoms with Crippen LogP contribution in [0, 0.1) is 6.92 Å². The average molecular weight is 386 g/mol. The van der Waals surface area contributed by atoms with Gasteiger partial charge in [-0.05, 0) is 43.2 Å². The van der Waals surface area contributed by atoms with E-state index in [4.69, 9.17) is 5.11 Å². The Labute approximate surface area is 162 Å². The molecule has 0 radical (unpaired) electrons. The number of amides is 2. The lowest BCUT2D eigenvalue weighted by atomic mass is 10.1. The minimum Gasteiger partial charge on any atom is -0.481 e. The third kappa shape index (κ3) is 7.96. The molecule has 2 amide bonds. The fourth-order valence-corrected chi connectivity index (χ4v) is 2.94. The molecule has 0 aromatic heterocycles. The Hall–Kier alpha value is -2.80. The first-order chi connectivity index (χ1) is 12.9. The van der Waals surface area contributed by atoms with Gasteiger partial charge in [0.05, 0.1) is 11.5 Å². The number of aliphatic carboxylic acids is 1. The maximum atomic E-state index is 12.0. The van der Waals surface area contributed by atoms with Gasteiger partial charge in [0.25, 0.3) is 0 Å². The molecule has 6 nitrogen and oxygen atoms in total. The molecule has 0 bridgehead atoms. The molecule has 0 aliphatic heterocycles. The van der Waals surface area contributed by atoms with Gasteiger partial charge in [-0.1, -0.05) is 29.8 Å². The van der Waals surface area contributed by atoms with Crippen LogP contribution in [0.1, 0.15) is 17.5 Å². The van der Waals surface area contributed by atoms with Gasteiger partial charge in [0.1, 0.15) is 0 Å². The summed E-state index contributed by atoms with van der Waals surface area (Å²) < 4.78 is 0. The molecule has 2 aromatic carbocycles. The smallest absolute Gasteiger partial charge is 0.303 e. The molecule has 0 unspecified atom stereocenters. The van der Waals surface area contributed by atoms with E-state index in [-0.39, 0.29) is 29.7 Å². The topological polar surface area (TPSA) is 95.5 Å². The molecule has 0 heterocycles. The summed E-state index contributed by atoms with van der Waals surface area (Å²) >= 11 is 1.23. The van der Waals surface area contributed by atoms with Crippen LogP contribution in [0.2, 0.25) is 0 Å². The van der Waals surface area contributed by atoms with Crippen molar-refractivity contribution in [2.24, 2.45) is 0 Å². The van der Waals surface area contributed by atoms with E-state index in [9.17, 15) is 14.4 Å². The molecular formula is C20H22N2O4S. The van der Waals surface area contributed by atoms with Crippen LogP contribution >= 0.6 is 11.8 Å². The Morgan fingerprint density at radius 3 is 2.19 bits per heavy atom. The number of carbonyl (C=O) groups excluding carboxylic acids is 2. The number of anilines is 2. The van der Waals surface area contributed by atoms with Crippen molar-refractivity contribution in [1.82, 2.24) is 0 Å². The molecular weight excluding hydrogens is 364 g/mol. The van der Waals surface area contributed by atoms with E-state index in [1.807, 2.05) is 37.3 Å². The van der Waals surface area contributed by atoms with Crippen molar-refractivity contribution in [2.45, 2.75) is 19.8 Å². The molecule has 2 rings (SSSR count). The van der Waals surface area contributed by atoms with E-state index < -0.39 is 5.97 Å².